The smallest absolute Gasteiger partial charge is 0.345 e. The zero-order chi connectivity index (χ0) is 9.80. The number of carbonyl (C=O) groups is 1. The highest BCUT2D eigenvalue weighted by Crippen LogP contribution is 2.10. The first kappa shape index (κ1) is 8.50. The average molecular weight is 189 g/mol. The second kappa shape index (κ2) is 3.74. The van der Waals surface area contributed by atoms with Crippen LogP contribution in [0.15, 0.2) is 47.1 Å². The van der Waals surface area contributed by atoms with Crippen LogP contribution in [-0.4, -0.2) is 11.1 Å². The third kappa shape index (κ3) is 1.80. The van der Waals surface area contributed by atoms with E-state index < -0.39 is 5.97 Å². The van der Waals surface area contributed by atoms with Crippen LogP contribution in [-0.2, 0) is 0 Å². The minimum absolute atomic E-state index is 0.0962. The minimum Gasteiger partial charge on any atom is -0.387 e. The van der Waals surface area contributed by atoms with Crippen LogP contribution in [0.4, 0.5) is 0 Å². The second-order valence-corrected chi connectivity index (χ2v) is 2.59. The summed E-state index contributed by atoms with van der Waals surface area (Å²) < 4.78 is 9.50. The normalized spacial score (nSPS) is 9.71. The SMILES string of the molecule is O=C(Oc1ccno1)c1ccccc1. The molecule has 1 heterocycles. The fourth-order valence-electron chi connectivity index (χ4n) is 0.981. The number of hydrogen-bond acceptors (Lipinski definition) is 4. The maximum absolute atomic E-state index is 11.4. The number of carbonyl (C=O) groups excluding carboxylic acids is 1. The van der Waals surface area contributed by atoms with Crippen molar-refractivity contribution in [2.45, 2.75) is 0 Å². The molecule has 0 amide bonds. The van der Waals surface area contributed by atoms with Gasteiger partial charge in [0, 0.05) is 6.07 Å². The maximum Gasteiger partial charge on any atom is 0.345 e. The third-order valence-corrected chi connectivity index (χ3v) is 1.62. The number of aromatic nitrogens is 1. The Labute approximate surface area is 80.1 Å². The predicted octanol–water partition coefficient (Wildman–Crippen LogP) is 1.89. The Morgan fingerprint density at radius 2 is 2.00 bits per heavy atom. The highest BCUT2D eigenvalue weighted by Gasteiger charge is 2.09. The fraction of sp³-hybridized carbons (Fsp3) is 0. The Bertz CT molecular complexity index is 408. The molecule has 0 spiro atoms. The molecule has 0 aliphatic rings. The van der Waals surface area contributed by atoms with Gasteiger partial charge in [-0.05, 0) is 12.1 Å². The first-order chi connectivity index (χ1) is 6.86. The van der Waals surface area contributed by atoms with Gasteiger partial charge in [-0.15, -0.1) is 0 Å². The van der Waals surface area contributed by atoms with Crippen LogP contribution in [0.25, 0.3) is 0 Å². The lowest BCUT2D eigenvalue weighted by molar-refractivity contribution is 0.0680. The van der Waals surface area contributed by atoms with E-state index in [-0.39, 0.29) is 5.95 Å². The van der Waals surface area contributed by atoms with Crippen molar-refractivity contribution in [3.05, 3.63) is 48.2 Å². The largest absolute Gasteiger partial charge is 0.387 e. The molecule has 14 heavy (non-hydrogen) atoms. The van der Waals surface area contributed by atoms with Crippen molar-refractivity contribution in [3.63, 3.8) is 0 Å². The van der Waals surface area contributed by atoms with E-state index in [1.807, 2.05) is 6.07 Å². The molecule has 2 rings (SSSR count). The summed E-state index contributed by atoms with van der Waals surface area (Å²) >= 11 is 0. The van der Waals surface area contributed by atoms with Gasteiger partial charge in [-0.1, -0.05) is 23.4 Å². The number of ether oxygens (including phenoxy) is 1. The number of rotatable bonds is 2. The van der Waals surface area contributed by atoms with Gasteiger partial charge in [0.05, 0.1) is 11.8 Å². The molecule has 4 nitrogen and oxygen atoms in total. The second-order valence-electron chi connectivity index (χ2n) is 2.59. The van der Waals surface area contributed by atoms with Gasteiger partial charge in [0.25, 0.3) is 0 Å². The number of hydrogen-bond donors (Lipinski definition) is 0. The Morgan fingerprint density at radius 1 is 1.21 bits per heavy atom. The molecular weight excluding hydrogens is 182 g/mol. The van der Waals surface area contributed by atoms with Crippen molar-refractivity contribution in [3.8, 4) is 5.95 Å². The van der Waals surface area contributed by atoms with Crippen LogP contribution < -0.4 is 4.74 Å². The quantitative estimate of drug-likeness (QED) is 0.677. The van der Waals surface area contributed by atoms with Crippen LogP contribution in [0.2, 0.25) is 0 Å². The first-order valence-corrected chi connectivity index (χ1v) is 4.04. The van der Waals surface area contributed by atoms with Crippen molar-refractivity contribution in [1.82, 2.24) is 5.16 Å². The lowest BCUT2D eigenvalue weighted by Gasteiger charge is -1.98. The molecular formula is C10H7NO3. The van der Waals surface area contributed by atoms with Crippen LogP contribution >= 0.6 is 0 Å². The molecule has 0 radical (unpaired) electrons. The summed E-state index contributed by atoms with van der Waals surface area (Å²) in [5, 5.41) is 3.42. The van der Waals surface area contributed by atoms with Gasteiger partial charge in [-0.2, -0.15) is 0 Å². The Balaban J connectivity index is 2.11. The molecule has 1 aromatic carbocycles. The first-order valence-electron chi connectivity index (χ1n) is 4.04. The molecule has 4 heteroatoms. The van der Waals surface area contributed by atoms with Gasteiger partial charge in [-0.25, -0.2) is 4.79 Å². The van der Waals surface area contributed by atoms with Crippen LogP contribution in [0.3, 0.4) is 0 Å². The zero-order valence-electron chi connectivity index (χ0n) is 7.21. The standard InChI is InChI=1S/C10H7NO3/c12-10(8-4-2-1-3-5-8)13-9-6-7-11-14-9/h1-7H. The molecule has 2 aromatic rings. The summed E-state index contributed by atoms with van der Waals surface area (Å²) in [6.45, 7) is 0. The molecule has 70 valence electrons. The number of nitrogens with zero attached hydrogens (tertiary/aromatic N) is 1. The number of esters is 1. The van der Waals surface area contributed by atoms with E-state index in [0.29, 0.717) is 5.56 Å². The van der Waals surface area contributed by atoms with E-state index in [2.05, 4.69) is 9.68 Å². The molecule has 1 aromatic heterocycles. The summed E-state index contributed by atoms with van der Waals surface area (Å²) in [7, 11) is 0. The molecule has 0 aliphatic carbocycles. The van der Waals surface area contributed by atoms with E-state index in [0.717, 1.165) is 0 Å². The van der Waals surface area contributed by atoms with Gasteiger partial charge in [0.2, 0.25) is 0 Å². The molecule has 0 bridgehead atoms. The topological polar surface area (TPSA) is 52.3 Å². The zero-order valence-corrected chi connectivity index (χ0v) is 7.21. The highest BCUT2D eigenvalue weighted by molar-refractivity contribution is 5.90. The highest BCUT2D eigenvalue weighted by atomic mass is 16.6. The van der Waals surface area contributed by atoms with Crippen molar-refractivity contribution >= 4 is 5.97 Å². The Morgan fingerprint density at radius 3 is 2.64 bits per heavy atom. The van der Waals surface area contributed by atoms with Gasteiger partial charge in [0.15, 0.2) is 0 Å². The van der Waals surface area contributed by atoms with Crippen LogP contribution in [0.5, 0.6) is 5.95 Å². The molecule has 0 saturated heterocycles. The summed E-state index contributed by atoms with van der Waals surface area (Å²) in [5.41, 5.74) is 0.476. The fourth-order valence-corrected chi connectivity index (χ4v) is 0.981. The minimum atomic E-state index is -0.456. The molecule has 0 N–H and O–H groups in total. The van der Waals surface area contributed by atoms with Crippen molar-refractivity contribution in [2.75, 3.05) is 0 Å². The summed E-state index contributed by atoms with van der Waals surface area (Å²) in [6, 6.07) is 10.2. The van der Waals surface area contributed by atoms with E-state index in [1.54, 1.807) is 24.3 Å². The average Bonchev–Trinajstić information content (AvgIpc) is 2.72. The van der Waals surface area contributed by atoms with Crippen molar-refractivity contribution in [1.29, 1.82) is 0 Å². The monoisotopic (exact) mass is 189 g/mol. The van der Waals surface area contributed by atoms with E-state index in [1.165, 1.54) is 12.3 Å². The molecule has 0 atom stereocenters. The number of benzene rings is 1. The van der Waals surface area contributed by atoms with Crippen molar-refractivity contribution in [2.24, 2.45) is 0 Å². The summed E-state index contributed by atoms with van der Waals surface area (Å²) in [4.78, 5) is 11.4. The van der Waals surface area contributed by atoms with Crippen LogP contribution in [0.1, 0.15) is 10.4 Å². The van der Waals surface area contributed by atoms with E-state index in [4.69, 9.17) is 4.74 Å². The van der Waals surface area contributed by atoms with E-state index >= 15 is 0 Å². The van der Waals surface area contributed by atoms with Crippen LogP contribution in [0, 0.1) is 0 Å². The molecule has 0 saturated carbocycles. The third-order valence-electron chi connectivity index (χ3n) is 1.62. The van der Waals surface area contributed by atoms with Gasteiger partial charge < -0.3 is 9.26 Å². The Kier molecular flexibility index (Phi) is 2.27. The van der Waals surface area contributed by atoms with Gasteiger partial charge in [0.1, 0.15) is 0 Å². The lowest BCUT2D eigenvalue weighted by atomic mass is 10.2. The summed E-state index contributed by atoms with van der Waals surface area (Å²) in [6.07, 6.45) is 1.41. The molecule has 0 aliphatic heterocycles. The predicted molar refractivity (Wildman–Crippen MR) is 47.9 cm³/mol. The summed E-state index contributed by atoms with van der Waals surface area (Å²) in [5.74, 6) is -0.360. The lowest BCUT2D eigenvalue weighted by Crippen LogP contribution is -2.07. The van der Waals surface area contributed by atoms with Gasteiger partial charge >= 0.3 is 11.9 Å². The molecule has 0 fully saturated rings. The van der Waals surface area contributed by atoms with Crippen molar-refractivity contribution < 1.29 is 14.1 Å². The maximum atomic E-state index is 11.4. The molecule has 0 unspecified atom stereocenters. The van der Waals surface area contributed by atoms with Gasteiger partial charge in [-0.3, -0.25) is 0 Å². The Hall–Kier alpha value is -2.10. The van der Waals surface area contributed by atoms with E-state index in [9.17, 15) is 4.79 Å².